The molecule has 0 radical (unpaired) electrons. The van der Waals surface area contributed by atoms with Gasteiger partial charge >= 0.3 is 0 Å². The number of amides is 1. The van der Waals surface area contributed by atoms with Gasteiger partial charge in [0.2, 0.25) is 10.0 Å². The van der Waals surface area contributed by atoms with Crippen LogP contribution in [0, 0.1) is 13.8 Å². The number of unbranched alkanes of at least 4 members (excludes halogenated alkanes) is 1. The lowest BCUT2D eigenvalue weighted by Crippen LogP contribution is -2.28. The van der Waals surface area contributed by atoms with Crippen LogP contribution in [-0.2, 0) is 10.0 Å². The minimum Gasteiger partial charge on any atom is -0.494 e. The number of nitrogens with zero attached hydrogens (tertiary/aromatic N) is 1. The van der Waals surface area contributed by atoms with Gasteiger partial charge in [0, 0.05) is 24.8 Å². The standard InChI is InChI=1S/C21H28N2O5S/c1-4-5-12-27-17-8-9-18(15(2)13-17)22-21(24)19-14-20(16(3)28-19)29(25,26)23-10-6-7-11-23/h8-9,13-14H,4-7,10-12H2,1-3H3,(H,22,24). The molecule has 3 rings (SSSR count). The van der Waals surface area contributed by atoms with Crippen LogP contribution < -0.4 is 10.1 Å². The molecule has 1 aliphatic rings. The summed E-state index contributed by atoms with van der Waals surface area (Å²) in [7, 11) is -3.64. The predicted octanol–water partition coefficient (Wildman–Crippen LogP) is 4.11. The van der Waals surface area contributed by atoms with E-state index in [1.54, 1.807) is 19.1 Å². The average molecular weight is 421 g/mol. The maximum absolute atomic E-state index is 12.8. The lowest BCUT2D eigenvalue weighted by molar-refractivity contribution is 0.0995. The molecule has 2 heterocycles. The van der Waals surface area contributed by atoms with Crippen molar-refractivity contribution in [3.63, 3.8) is 0 Å². The summed E-state index contributed by atoms with van der Waals surface area (Å²) in [6.45, 7) is 7.19. The fourth-order valence-corrected chi connectivity index (χ4v) is 4.96. The molecule has 1 N–H and O–H groups in total. The van der Waals surface area contributed by atoms with Gasteiger partial charge in [-0.05, 0) is 56.9 Å². The van der Waals surface area contributed by atoms with E-state index in [0.717, 1.165) is 37.0 Å². The summed E-state index contributed by atoms with van der Waals surface area (Å²) in [6, 6.07) is 6.75. The van der Waals surface area contributed by atoms with Crippen molar-refractivity contribution in [3.05, 3.63) is 41.3 Å². The second-order valence-corrected chi connectivity index (χ2v) is 9.18. The summed E-state index contributed by atoms with van der Waals surface area (Å²) in [5.74, 6) is 0.460. The van der Waals surface area contributed by atoms with E-state index in [4.69, 9.17) is 9.15 Å². The third-order valence-corrected chi connectivity index (χ3v) is 7.00. The van der Waals surface area contributed by atoms with Crippen molar-refractivity contribution < 1.29 is 22.4 Å². The molecule has 0 bridgehead atoms. The molecule has 1 saturated heterocycles. The molecule has 29 heavy (non-hydrogen) atoms. The molecular weight excluding hydrogens is 392 g/mol. The van der Waals surface area contributed by atoms with Crippen LogP contribution in [0.1, 0.15) is 54.5 Å². The van der Waals surface area contributed by atoms with Gasteiger partial charge in [-0.15, -0.1) is 0 Å². The highest BCUT2D eigenvalue weighted by Crippen LogP contribution is 2.27. The van der Waals surface area contributed by atoms with E-state index in [1.807, 2.05) is 13.0 Å². The van der Waals surface area contributed by atoms with Gasteiger partial charge < -0.3 is 14.5 Å². The molecule has 0 atom stereocenters. The highest BCUT2D eigenvalue weighted by molar-refractivity contribution is 7.89. The summed E-state index contributed by atoms with van der Waals surface area (Å²) in [4.78, 5) is 12.7. The smallest absolute Gasteiger partial charge is 0.291 e. The monoisotopic (exact) mass is 420 g/mol. The highest BCUT2D eigenvalue weighted by atomic mass is 32.2. The lowest BCUT2D eigenvalue weighted by atomic mass is 10.2. The van der Waals surface area contributed by atoms with Crippen LogP contribution in [0.15, 0.2) is 33.6 Å². The number of aryl methyl sites for hydroxylation is 2. The number of ether oxygens (including phenoxy) is 1. The summed E-state index contributed by atoms with van der Waals surface area (Å²) >= 11 is 0. The zero-order valence-corrected chi connectivity index (χ0v) is 18.0. The third kappa shape index (κ3) is 4.82. The van der Waals surface area contributed by atoms with Crippen molar-refractivity contribution in [1.82, 2.24) is 4.31 Å². The number of anilines is 1. The molecule has 1 aromatic carbocycles. The Morgan fingerprint density at radius 2 is 1.93 bits per heavy atom. The molecule has 1 fully saturated rings. The van der Waals surface area contributed by atoms with Gasteiger partial charge in [-0.1, -0.05) is 13.3 Å². The molecule has 7 nitrogen and oxygen atoms in total. The first-order valence-electron chi connectivity index (χ1n) is 9.98. The maximum atomic E-state index is 12.8. The topological polar surface area (TPSA) is 88.8 Å². The summed E-state index contributed by atoms with van der Waals surface area (Å²) in [6.07, 6.45) is 3.74. The second-order valence-electron chi connectivity index (χ2n) is 7.28. The Kier molecular flexibility index (Phi) is 6.64. The average Bonchev–Trinajstić information content (AvgIpc) is 3.34. The van der Waals surface area contributed by atoms with Crippen LogP contribution in [0.3, 0.4) is 0 Å². The minimum absolute atomic E-state index is 0.0251. The molecule has 1 amide bonds. The molecule has 1 aromatic heterocycles. The predicted molar refractivity (Wildman–Crippen MR) is 111 cm³/mol. The number of rotatable bonds is 8. The van der Waals surface area contributed by atoms with Crippen molar-refractivity contribution in [3.8, 4) is 5.75 Å². The summed E-state index contributed by atoms with van der Waals surface area (Å²) < 4.78 is 38.1. The van der Waals surface area contributed by atoms with Gasteiger partial charge in [-0.3, -0.25) is 4.79 Å². The third-order valence-electron chi connectivity index (χ3n) is 4.99. The Balaban J connectivity index is 1.73. The van der Waals surface area contributed by atoms with Crippen LogP contribution in [-0.4, -0.2) is 38.3 Å². The van der Waals surface area contributed by atoms with Crippen molar-refractivity contribution in [2.75, 3.05) is 25.0 Å². The normalized spacial score (nSPS) is 14.9. The number of furan rings is 1. The Bertz CT molecular complexity index is 975. The molecular formula is C21H28N2O5S. The first-order valence-corrected chi connectivity index (χ1v) is 11.4. The number of benzene rings is 1. The summed E-state index contributed by atoms with van der Waals surface area (Å²) in [5, 5.41) is 2.79. The Hall–Kier alpha value is -2.32. The first kappa shape index (κ1) is 21.4. The molecule has 8 heteroatoms. The zero-order valence-electron chi connectivity index (χ0n) is 17.2. The van der Waals surface area contributed by atoms with Crippen LogP contribution >= 0.6 is 0 Å². The molecule has 2 aromatic rings. The lowest BCUT2D eigenvalue weighted by Gasteiger charge is -2.14. The van der Waals surface area contributed by atoms with E-state index < -0.39 is 15.9 Å². The van der Waals surface area contributed by atoms with Crippen LogP contribution in [0.2, 0.25) is 0 Å². The number of nitrogens with one attached hydrogen (secondary N) is 1. The van der Waals surface area contributed by atoms with Gasteiger partial charge in [-0.2, -0.15) is 4.31 Å². The first-order chi connectivity index (χ1) is 13.8. The van der Waals surface area contributed by atoms with Crippen molar-refractivity contribution >= 4 is 21.6 Å². The van der Waals surface area contributed by atoms with Crippen molar-refractivity contribution in [2.24, 2.45) is 0 Å². The molecule has 0 aliphatic carbocycles. The van der Waals surface area contributed by atoms with Gasteiger partial charge in [-0.25, -0.2) is 8.42 Å². The molecule has 0 spiro atoms. The van der Waals surface area contributed by atoms with E-state index >= 15 is 0 Å². The maximum Gasteiger partial charge on any atom is 0.291 e. The molecule has 0 unspecified atom stereocenters. The summed E-state index contributed by atoms with van der Waals surface area (Å²) in [5.41, 5.74) is 1.47. The molecule has 0 saturated carbocycles. The van der Waals surface area contributed by atoms with Gasteiger partial charge in [0.05, 0.1) is 6.61 Å². The van der Waals surface area contributed by atoms with E-state index in [-0.39, 0.29) is 16.4 Å². The Morgan fingerprint density at radius 1 is 1.21 bits per heavy atom. The second kappa shape index (κ2) is 9.00. The van der Waals surface area contributed by atoms with Crippen molar-refractivity contribution in [2.45, 2.75) is 51.3 Å². The number of hydrogen-bond acceptors (Lipinski definition) is 5. The Labute approximate surface area is 172 Å². The minimum atomic E-state index is -3.64. The van der Waals surface area contributed by atoms with Crippen LogP contribution in [0.5, 0.6) is 5.75 Å². The number of sulfonamides is 1. The quantitative estimate of drug-likeness (QED) is 0.649. The van der Waals surface area contributed by atoms with Gasteiger partial charge in [0.25, 0.3) is 5.91 Å². The highest BCUT2D eigenvalue weighted by Gasteiger charge is 2.31. The van der Waals surface area contributed by atoms with Crippen LogP contribution in [0.25, 0.3) is 0 Å². The SMILES string of the molecule is CCCCOc1ccc(NC(=O)c2cc(S(=O)(=O)N3CCCC3)c(C)o2)c(C)c1. The van der Waals surface area contributed by atoms with Crippen LogP contribution in [0.4, 0.5) is 5.69 Å². The molecule has 158 valence electrons. The number of carbonyl (C=O) groups excluding carboxylic acids is 1. The van der Waals surface area contributed by atoms with Crippen molar-refractivity contribution in [1.29, 1.82) is 0 Å². The van der Waals surface area contributed by atoms with Gasteiger partial charge in [0.1, 0.15) is 16.4 Å². The number of hydrogen-bond donors (Lipinski definition) is 1. The zero-order chi connectivity index (χ0) is 21.0. The number of carbonyl (C=O) groups is 1. The fraction of sp³-hybridized carbons (Fsp3) is 0.476. The fourth-order valence-electron chi connectivity index (χ4n) is 3.29. The largest absolute Gasteiger partial charge is 0.494 e. The van der Waals surface area contributed by atoms with E-state index in [1.165, 1.54) is 10.4 Å². The van der Waals surface area contributed by atoms with E-state index in [9.17, 15) is 13.2 Å². The van der Waals surface area contributed by atoms with Gasteiger partial charge in [0.15, 0.2) is 5.76 Å². The molecule has 1 aliphatic heterocycles. The van der Waals surface area contributed by atoms with E-state index in [0.29, 0.717) is 25.4 Å². The van der Waals surface area contributed by atoms with E-state index in [2.05, 4.69) is 12.2 Å². The Morgan fingerprint density at radius 3 is 2.59 bits per heavy atom.